The lowest BCUT2D eigenvalue weighted by atomic mass is 9.95. The van der Waals surface area contributed by atoms with Gasteiger partial charge in [-0.1, -0.05) is 42.8 Å². The molecule has 13 heavy (non-hydrogen) atoms. The predicted molar refractivity (Wildman–Crippen MR) is 59.0 cm³/mol. The molecule has 0 spiro atoms. The lowest BCUT2D eigenvalue weighted by Gasteiger charge is -2.10. The summed E-state index contributed by atoms with van der Waals surface area (Å²) in [6.45, 7) is 8.14. The largest absolute Gasteiger partial charge is 0.103 e. The minimum atomic E-state index is 0.651. The number of rotatable bonds is 4. The Morgan fingerprint density at radius 3 is 2.46 bits per heavy atom. The zero-order valence-corrected chi connectivity index (χ0v) is 8.59. The molecule has 0 amide bonds. The van der Waals surface area contributed by atoms with Gasteiger partial charge in [-0.05, 0) is 31.2 Å². The quantitative estimate of drug-likeness (QED) is 0.604. The molecule has 0 unspecified atom stereocenters. The third kappa shape index (κ3) is 3.06. The standard InChI is InChI=1S/C13H18/c1-4-5-6-12(3)13-9-7-11(2)8-10-13/h4,7-10,12H,1,5-6H2,2-3H3/t12-/m0/s1. The summed E-state index contributed by atoms with van der Waals surface area (Å²) in [6, 6.07) is 8.81. The zero-order valence-electron chi connectivity index (χ0n) is 8.59. The molecule has 0 heterocycles. The van der Waals surface area contributed by atoms with Gasteiger partial charge in [0.25, 0.3) is 0 Å². The fourth-order valence-corrected chi connectivity index (χ4v) is 1.43. The minimum Gasteiger partial charge on any atom is -0.103 e. The molecule has 0 bridgehead atoms. The van der Waals surface area contributed by atoms with Crippen molar-refractivity contribution in [3.8, 4) is 0 Å². The number of hydrogen-bond donors (Lipinski definition) is 0. The van der Waals surface area contributed by atoms with Crippen LogP contribution in [0.15, 0.2) is 36.9 Å². The molecule has 1 aromatic rings. The first-order valence-corrected chi connectivity index (χ1v) is 4.91. The Balaban J connectivity index is 2.60. The van der Waals surface area contributed by atoms with Crippen LogP contribution in [0.3, 0.4) is 0 Å². The molecule has 0 nitrogen and oxygen atoms in total. The van der Waals surface area contributed by atoms with E-state index in [1.54, 1.807) is 0 Å². The van der Waals surface area contributed by atoms with Crippen LogP contribution in [0.5, 0.6) is 0 Å². The van der Waals surface area contributed by atoms with E-state index in [1.807, 2.05) is 6.08 Å². The Hall–Kier alpha value is -1.04. The van der Waals surface area contributed by atoms with E-state index in [1.165, 1.54) is 17.5 Å². The van der Waals surface area contributed by atoms with Crippen LogP contribution in [0.4, 0.5) is 0 Å². The molecule has 1 aromatic carbocycles. The molecule has 0 radical (unpaired) electrons. The van der Waals surface area contributed by atoms with Gasteiger partial charge in [0.15, 0.2) is 0 Å². The van der Waals surface area contributed by atoms with Crippen LogP contribution in [0, 0.1) is 6.92 Å². The summed E-state index contributed by atoms with van der Waals surface area (Å²) in [5.74, 6) is 0.651. The Morgan fingerprint density at radius 1 is 1.31 bits per heavy atom. The molecule has 0 fully saturated rings. The van der Waals surface area contributed by atoms with Gasteiger partial charge >= 0.3 is 0 Å². The van der Waals surface area contributed by atoms with Crippen molar-refractivity contribution in [1.82, 2.24) is 0 Å². The Morgan fingerprint density at radius 2 is 1.92 bits per heavy atom. The highest BCUT2D eigenvalue weighted by molar-refractivity contribution is 5.23. The van der Waals surface area contributed by atoms with Crippen LogP contribution < -0.4 is 0 Å². The first-order chi connectivity index (χ1) is 6.24. The first kappa shape index (κ1) is 10.0. The molecule has 0 aliphatic heterocycles. The minimum absolute atomic E-state index is 0.651. The van der Waals surface area contributed by atoms with Crippen molar-refractivity contribution in [1.29, 1.82) is 0 Å². The van der Waals surface area contributed by atoms with Crippen LogP contribution in [0.25, 0.3) is 0 Å². The number of aryl methyl sites for hydroxylation is 1. The van der Waals surface area contributed by atoms with Crippen molar-refractivity contribution < 1.29 is 0 Å². The monoisotopic (exact) mass is 174 g/mol. The normalized spacial score (nSPS) is 12.5. The lowest BCUT2D eigenvalue weighted by molar-refractivity contribution is 0.691. The van der Waals surface area contributed by atoms with E-state index in [-0.39, 0.29) is 0 Å². The summed E-state index contributed by atoms with van der Waals surface area (Å²) in [6.07, 6.45) is 4.30. The molecule has 0 saturated carbocycles. The van der Waals surface area contributed by atoms with Gasteiger partial charge in [0.05, 0.1) is 0 Å². The van der Waals surface area contributed by atoms with E-state index >= 15 is 0 Å². The summed E-state index contributed by atoms with van der Waals surface area (Å²) in [4.78, 5) is 0. The summed E-state index contributed by atoms with van der Waals surface area (Å²) in [7, 11) is 0. The van der Waals surface area contributed by atoms with Gasteiger partial charge < -0.3 is 0 Å². The maximum Gasteiger partial charge on any atom is -0.0187 e. The second kappa shape index (κ2) is 4.86. The average molecular weight is 174 g/mol. The van der Waals surface area contributed by atoms with Gasteiger partial charge in [0, 0.05) is 0 Å². The smallest absolute Gasteiger partial charge is 0.0187 e. The van der Waals surface area contributed by atoms with E-state index in [0.717, 1.165) is 6.42 Å². The van der Waals surface area contributed by atoms with Crippen molar-refractivity contribution in [2.75, 3.05) is 0 Å². The molecule has 0 N–H and O–H groups in total. The molecule has 0 heteroatoms. The highest BCUT2D eigenvalue weighted by Gasteiger charge is 2.02. The Kier molecular flexibility index (Phi) is 3.75. The maximum absolute atomic E-state index is 3.74. The van der Waals surface area contributed by atoms with Gasteiger partial charge in [-0.25, -0.2) is 0 Å². The van der Waals surface area contributed by atoms with E-state index in [9.17, 15) is 0 Å². The predicted octanol–water partition coefficient (Wildman–Crippen LogP) is 4.06. The van der Waals surface area contributed by atoms with E-state index in [2.05, 4.69) is 44.7 Å². The molecule has 70 valence electrons. The summed E-state index contributed by atoms with van der Waals surface area (Å²) >= 11 is 0. The highest BCUT2D eigenvalue weighted by atomic mass is 14.1. The molecule has 0 saturated heterocycles. The fraction of sp³-hybridized carbons (Fsp3) is 0.385. The van der Waals surface area contributed by atoms with Crippen molar-refractivity contribution in [2.45, 2.75) is 32.6 Å². The van der Waals surface area contributed by atoms with Crippen molar-refractivity contribution in [3.05, 3.63) is 48.0 Å². The van der Waals surface area contributed by atoms with Gasteiger partial charge in [0.1, 0.15) is 0 Å². The molecule has 0 aliphatic rings. The van der Waals surface area contributed by atoms with Crippen LogP contribution in [-0.4, -0.2) is 0 Å². The molecule has 1 rings (SSSR count). The molecule has 0 aromatic heterocycles. The van der Waals surface area contributed by atoms with Crippen molar-refractivity contribution in [3.63, 3.8) is 0 Å². The molecular weight excluding hydrogens is 156 g/mol. The zero-order chi connectivity index (χ0) is 9.68. The molecular formula is C13H18. The van der Waals surface area contributed by atoms with E-state index in [0.29, 0.717) is 5.92 Å². The van der Waals surface area contributed by atoms with Crippen molar-refractivity contribution in [2.24, 2.45) is 0 Å². The summed E-state index contributed by atoms with van der Waals surface area (Å²) in [5, 5.41) is 0. The van der Waals surface area contributed by atoms with Crippen LogP contribution >= 0.6 is 0 Å². The van der Waals surface area contributed by atoms with Crippen LogP contribution in [0.2, 0.25) is 0 Å². The first-order valence-electron chi connectivity index (χ1n) is 4.91. The maximum atomic E-state index is 3.74. The SMILES string of the molecule is C=CCC[C@H](C)c1ccc(C)cc1. The van der Waals surface area contributed by atoms with Crippen LogP contribution in [0.1, 0.15) is 36.8 Å². The topological polar surface area (TPSA) is 0 Å². The summed E-state index contributed by atoms with van der Waals surface area (Å²) < 4.78 is 0. The second-order valence-corrected chi connectivity index (χ2v) is 3.68. The van der Waals surface area contributed by atoms with Gasteiger partial charge in [-0.3, -0.25) is 0 Å². The van der Waals surface area contributed by atoms with Crippen molar-refractivity contribution >= 4 is 0 Å². The van der Waals surface area contributed by atoms with Gasteiger partial charge in [0.2, 0.25) is 0 Å². The summed E-state index contributed by atoms with van der Waals surface area (Å²) in [5.41, 5.74) is 2.77. The van der Waals surface area contributed by atoms with Gasteiger partial charge in [-0.2, -0.15) is 0 Å². The Bertz CT molecular complexity index is 256. The van der Waals surface area contributed by atoms with E-state index < -0.39 is 0 Å². The lowest BCUT2D eigenvalue weighted by Crippen LogP contribution is -1.92. The third-order valence-corrected chi connectivity index (χ3v) is 2.45. The second-order valence-electron chi connectivity index (χ2n) is 3.68. The third-order valence-electron chi connectivity index (χ3n) is 2.45. The van der Waals surface area contributed by atoms with E-state index in [4.69, 9.17) is 0 Å². The van der Waals surface area contributed by atoms with Crippen LogP contribution in [-0.2, 0) is 0 Å². The molecule has 0 aliphatic carbocycles. The number of allylic oxidation sites excluding steroid dienone is 1. The fourth-order valence-electron chi connectivity index (χ4n) is 1.43. The van der Waals surface area contributed by atoms with Gasteiger partial charge in [-0.15, -0.1) is 6.58 Å². The molecule has 1 atom stereocenters. The number of hydrogen-bond acceptors (Lipinski definition) is 0. The highest BCUT2D eigenvalue weighted by Crippen LogP contribution is 2.20. The number of benzene rings is 1. The Labute approximate surface area is 81.3 Å². The average Bonchev–Trinajstić information content (AvgIpc) is 2.15.